The molecule has 0 saturated heterocycles. The Hall–Kier alpha value is -1.84. The maximum Gasteiger partial charge on any atom is 0.311 e. The molecule has 15 heavy (non-hydrogen) atoms. The van der Waals surface area contributed by atoms with Gasteiger partial charge in [-0.15, -0.1) is 0 Å². The molecule has 1 aromatic rings. The molecular formula is C11H11O4-. The van der Waals surface area contributed by atoms with E-state index in [2.05, 4.69) is 0 Å². The molecule has 0 aliphatic carbocycles. The molecule has 1 aromatic carbocycles. The summed E-state index contributed by atoms with van der Waals surface area (Å²) in [6.45, 7) is 1.84. The molecular weight excluding hydrogens is 196 g/mol. The van der Waals surface area contributed by atoms with E-state index in [-0.39, 0.29) is 17.7 Å². The van der Waals surface area contributed by atoms with Crippen LogP contribution < -0.4 is 9.84 Å². The Labute approximate surface area is 87.5 Å². The molecule has 0 aliphatic rings. The van der Waals surface area contributed by atoms with Crippen molar-refractivity contribution in [3.8, 4) is 5.75 Å². The minimum absolute atomic E-state index is 0.0379. The van der Waals surface area contributed by atoms with Crippen molar-refractivity contribution in [1.82, 2.24) is 0 Å². The maximum absolute atomic E-state index is 11.2. The third-order valence-electron chi connectivity index (χ3n) is 1.78. The number of benzene rings is 1. The van der Waals surface area contributed by atoms with Gasteiger partial charge in [0.25, 0.3) is 0 Å². The second kappa shape index (κ2) is 5.14. The highest BCUT2D eigenvalue weighted by molar-refractivity contribution is 5.90. The van der Waals surface area contributed by atoms with Crippen LogP contribution in [0.3, 0.4) is 0 Å². The molecule has 1 rings (SSSR count). The number of carboxylic acid groups (broad SMARTS) is 1. The average molecular weight is 207 g/mol. The van der Waals surface area contributed by atoms with Crippen molar-refractivity contribution >= 4 is 11.9 Å². The third kappa shape index (κ3) is 3.09. The lowest BCUT2D eigenvalue weighted by Crippen LogP contribution is -2.23. The predicted molar refractivity (Wildman–Crippen MR) is 51.3 cm³/mol. The predicted octanol–water partition coefficient (Wildman–Crippen LogP) is 0.756. The van der Waals surface area contributed by atoms with Gasteiger partial charge in [-0.25, -0.2) is 0 Å². The van der Waals surface area contributed by atoms with Crippen LogP contribution in [0.15, 0.2) is 24.3 Å². The Kier molecular flexibility index (Phi) is 3.85. The van der Waals surface area contributed by atoms with E-state index in [1.165, 1.54) is 12.1 Å². The fourth-order valence-corrected chi connectivity index (χ4v) is 1.10. The molecule has 0 amide bonds. The molecule has 0 atom stereocenters. The van der Waals surface area contributed by atoms with E-state index in [0.717, 1.165) is 0 Å². The molecule has 0 bridgehead atoms. The van der Waals surface area contributed by atoms with Gasteiger partial charge in [0.15, 0.2) is 0 Å². The molecule has 0 heterocycles. The van der Waals surface area contributed by atoms with E-state index >= 15 is 0 Å². The summed E-state index contributed by atoms with van der Waals surface area (Å²) in [5, 5.41) is 10.7. The van der Waals surface area contributed by atoms with Crippen molar-refractivity contribution in [3.05, 3.63) is 29.8 Å². The quantitative estimate of drug-likeness (QED) is 0.540. The molecule has 0 unspecified atom stereocenters. The summed E-state index contributed by atoms with van der Waals surface area (Å²) < 4.78 is 4.89. The van der Waals surface area contributed by atoms with Gasteiger partial charge in [0.1, 0.15) is 5.75 Å². The molecule has 0 saturated carbocycles. The van der Waals surface area contributed by atoms with Crippen LogP contribution in [0.4, 0.5) is 0 Å². The molecule has 0 aromatic heterocycles. The lowest BCUT2D eigenvalue weighted by atomic mass is 10.2. The van der Waals surface area contributed by atoms with Crippen molar-refractivity contribution < 1.29 is 19.4 Å². The number of hydrogen-bond acceptors (Lipinski definition) is 4. The first-order chi connectivity index (χ1) is 7.15. The summed E-state index contributed by atoms with van der Waals surface area (Å²) in [6, 6.07) is 5.91. The van der Waals surface area contributed by atoms with Crippen LogP contribution in [-0.2, 0) is 4.79 Å². The smallest absolute Gasteiger partial charge is 0.311 e. The lowest BCUT2D eigenvalue weighted by Gasteiger charge is -2.09. The second-order valence-corrected chi connectivity index (χ2v) is 3.01. The molecule has 4 heteroatoms. The van der Waals surface area contributed by atoms with Crippen molar-refractivity contribution in [2.45, 2.75) is 19.8 Å². The Bertz CT molecular complexity index is 371. The highest BCUT2D eigenvalue weighted by atomic mass is 16.5. The third-order valence-corrected chi connectivity index (χ3v) is 1.78. The summed E-state index contributed by atoms with van der Waals surface area (Å²) >= 11 is 0. The van der Waals surface area contributed by atoms with Crippen molar-refractivity contribution in [1.29, 1.82) is 0 Å². The Balaban J connectivity index is 2.84. The van der Waals surface area contributed by atoms with Gasteiger partial charge in [-0.1, -0.05) is 19.1 Å². The normalized spacial score (nSPS) is 9.67. The first-order valence-corrected chi connectivity index (χ1v) is 4.66. The van der Waals surface area contributed by atoms with Gasteiger partial charge in [0.05, 0.1) is 5.97 Å². The number of rotatable bonds is 4. The number of esters is 1. The summed E-state index contributed by atoms with van der Waals surface area (Å²) in [5.74, 6) is -1.75. The van der Waals surface area contributed by atoms with Crippen molar-refractivity contribution in [3.63, 3.8) is 0 Å². The molecule has 0 fully saturated rings. The van der Waals surface area contributed by atoms with Crippen LogP contribution in [0.2, 0.25) is 0 Å². The summed E-state index contributed by atoms with van der Waals surface area (Å²) in [4.78, 5) is 21.8. The number of carbonyl (C=O) groups excluding carboxylic acids is 2. The van der Waals surface area contributed by atoms with Gasteiger partial charge < -0.3 is 14.6 Å². The SMILES string of the molecule is CCCC(=O)Oc1ccccc1C(=O)[O-]. The standard InChI is InChI=1S/C11H12O4/c1-2-5-10(12)15-9-7-4-3-6-8(9)11(13)14/h3-4,6-7H,2,5H2,1H3,(H,13,14)/p-1. The van der Waals surface area contributed by atoms with E-state index in [9.17, 15) is 14.7 Å². The number of para-hydroxylation sites is 1. The monoisotopic (exact) mass is 207 g/mol. The largest absolute Gasteiger partial charge is 0.545 e. The van der Waals surface area contributed by atoms with Gasteiger partial charge in [-0.05, 0) is 18.6 Å². The fourth-order valence-electron chi connectivity index (χ4n) is 1.10. The first-order valence-electron chi connectivity index (χ1n) is 4.66. The number of hydrogen-bond donors (Lipinski definition) is 0. The first kappa shape index (κ1) is 11.2. The number of aromatic carboxylic acids is 1. The highest BCUT2D eigenvalue weighted by Crippen LogP contribution is 2.17. The minimum Gasteiger partial charge on any atom is -0.545 e. The van der Waals surface area contributed by atoms with Gasteiger partial charge in [-0.3, -0.25) is 4.79 Å². The second-order valence-electron chi connectivity index (χ2n) is 3.01. The zero-order chi connectivity index (χ0) is 11.3. The van der Waals surface area contributed by atoms with Gasteiger partial charge in [0, 0.05) is 12.0 Å². The molecule has 80 valence electrons. The van der Waals surface area contributed by atoms with E-state index in [1.54, 1.807) is 12.1 Å². The van der Waals surface area contributed by atoms with Crippen LogP contribution in [0, 0.1) is 0 Å². The topological polar surface area (TPSA) is 66.4 Å². The van der Waals surface area contributed by atoms with Crippen molar-refractivity contribution in [2.75, 3.05) is 0 Å². The van der Waals surface area contributed by atoms with Crippen LogP contribution >= 0.6 is 0 Å². The van der Waals surface area contributed by atoms with E-state index in [1.807, 2.05) is 6.92 Å². The molecule has 0 radical (unpaired) electrons. The van der Waals surface area contributed by atoms with Crippen LogP contribution in [0.1, 0.15) is 30.1 Å². The Morgan fingerprint density at radius 2 is 2.00 bits per heavy atom. The summed E-state index contributed by atoms with van der Waals surface area (Å²) in [7, 11) is 0. The fraction of sp³-hybridized carbons (Fsp3) is 0.273. The zero-order valence-electron chi connectivity index (χ0n) is 8.36. The van der Waals surface area contributed by atoms with Crippen molar-refractivity contribution in [2.24, 2.45) is 0 Å². The summed E-state index contributed by atoms with van der Waals surface area (Å²) in [6.07, 6.45) is 0.924. The van der Waals surface area contributed by atoms with Crippen LogP contribution in [-0.4, -0.2) is 11.9 Å². The van der Waals surface area contributed by atoms with E-state index in [4.69, 9.17) is 4.74 Å². The molecule has 4 nitrogen and oxygen atoms in total. The lowest BCUT2D eigenvalue weighted by molar-refractivity contribution is -0.255. The van der Waals surface area contributed by atoms with E-state index < -0.39 is 11.9 Å². The molecule has 0 N–H and O–H groups in total. The Morgan fingerprint density at radius 3 is 2.60 bits per heavy atom. The average Bonchev–Trinajstić information content (AvgIpc) is 2.18. The van der Waals surface area contributed by atoms with Gasteiger partial charge in [-0.2, -0.15) is 0 Å². The number of carbonyl (C=O) groups is 2. The minimum atomic E-state index is -1.35. The highest BCUT2D eigenvalue weighted by Gasteiger charge is 2.08. The van der Waals surface area contributed by atoms with E-state index in [0.29, 0.717) is 6.42 Å². The van der Waals surface area contributed by atoms with Crippen LogP contribution in [0.25, 0.3) is 0 Å². The number of ether oxygens (including phenoxy) is 1. The zero-order valence-corrected chi connectivity index (χ0v) is 8.36. The maximum atomic E-state index is 11.2. The molecule has 0 spiro atoms. The molecule has 0 aliphatic heterocycles. The summed E-state index contributed by atoms with van der Waals surface area (Å²) in [5.41, 5.74) is -0.109. The van der Waals surface area contributed by atoms with Gasteiger partial charge >= 0.3 is 5.97 Å². The number of carboxylic acids is 1. The van der Waals surface area contributed by atoms with Crippen LogP contribution in [0.5, 0.6) is 5.75 Å². The van der Waals surface area contributed by atoms with Gasteiger partial charge in [0.2, 0.25) is 0 Å². The Morgan fingerprint density at radius 1 is 1.33 bits per heavy atom.